The van der Waals surface area contributed by atoms with Gasteiger partial charge >= 0.3 is 0 Å². The van der Waals surface area contributed by atoms with E-state index in [2.05, 4.69) is 152 Å². The molecule has 0 fully saturated rings. The normalized spacial score (nSPS) is 11.9. The van der Waals surface area contributed by atoms with Crippen molar-refractivity contribution in [3.8, 4) is 0 Å². The summed E-state index contributed by atoms with van der Waals surface area (Å²) in [6.07, 6.45) is 0. The average Bonchev–Trinajstić information content (AvgIpc) is 2.81. The maximum atomic E-state index is 4.34. The van der Waals surface area contributed by atoms with E-state index in [1.54, 1.807) is 0 Å². The Hall–Kier alpha value is -1.30. The third-order valence-corrected chi connectivity index (χ3v) is 21.6. The highest BCUT2D eigenvalue weighted by Crippen LogP contribution is 2.79. The van der Waals surface area contributed by atoms with Gasteiger partial charge < -0.3 is 0 Å². The van der Waals surface area contributed by atoms with Crippen LogP contribution in [0.5, 0.6) is 0 Å². The Kier molecular flexibility index (Phi) is 6.67. The lowest BCUT2D eigenvalue weighted by atomic mass is 10.4. The molecule has 0 amide bonds. The molecule has 0 saturated heterocycles. The molecule has 0 bridgehead atoms. The molecule has 0 heterocycles. The molecule has 4 heteroatoms. The number of benzene rings is 4. The Morgan fingerprint density at radius 2 is 0.586 bits per heavy atom. The van der Waals surface area contributed by atoms with Crippen molar-refractivity contribution in [3.63, 3.8) is 0 Å². The summed E-state index contributed by atoms with van der Waals surface area (Å²) < 4.78 is 0. The van der Waals surface area contributed by atoms with Crippen molar-refractivity contribution >= 4 is 64.1 Å². The maximum absolute atomic E-state index is 4.34. The van der Waals surface area contributed by atoms with Gasteiger partial charge in [-0.3, -0.25) is 0 Å². The van der Waals surface area contributed by atoms with Crippen LogP contribution >= 0.6 is 42.9 Å². The first-order valence-electron chi connectivity index (χ1n) is 9.51. The number of halogens is 2. The molecule has 0 aliphatic carbocycles. The molecule has 0 N–H and O–H groups in total. The van der Waals surface area contributed by atoms with Gasteiger partial charge in [0.2, 0.25) is 0 Å². The number of hydrogen-bond acceptors (Lipinski definition) is 0. The summed E-state index contributed by atoms with van der Waals surface area (Å²) in [6, 6.07) is 43.7. The van der Waals surface area contributed by atoms with E-state index in [4.69, 9.17) is 0 Å². The van der Waals surface area contributed by atoms with Crippen LogP contribution in [0.25, 0.3) is 0 Å². The number of rotatable bonds is 6. The fourth-order valence-corrected chi connectivity index (χ4v) is 23.1. The molecule has 4 rings (SSSR count). The van der Waals surface area contributed by atoms with Gasteiger partial charge in [0.25, 0.3) is 0 Å². The van der Waals surface area contributed by atoms with Gasteiger partial charge in [0.1, 0.15) is 21.2 Å². The molecule has 29 heavy (non-hydrogen) atoms. The minimum absolute atomic E-state index is 1.03. The molecular formula is C25H22Br2P2+2. The van der Waals surface area contributed by atoms with E-state index in [0.717, 1.165) is 5.90 Å². The first-order valence-corrected chi connectivity index (χ1v) is 17.5. The highest BCUT2D eigenvalue weighted by molar-refractivity contribution is 9.47. The second kappa shape index (κ2) is 9.23. The van der Waals surface area contributed by atoms with E-state index in [1.165, 1.54) is 21.2 Å². The monoisotopic (exact) mass is 542 g/mol. The average molecular weight is 544 g/mol. The maximum Gasteiger partial charge on any atom is 0.199 e. The van der Waals surface area contributed by atoms with Crippen LogP contribution in [0.2, 0.25) is 0 Å². The van der Waals surface area contributed by atoms with Crippen molar-refractivity contribution in [2.75, 3.05) is 5.90 Å². The summed E-state index contributed by atoms with van der Waals surface area (Å²) in [4.78, 5) is 0. The molecule has 0 aliphatic rings. The lowest BCUT2D eigenvalue weighted by Gasteiger charge is -2.26. The van der Waals surface area contributed by atoms with E-state index in [0.29, 0.717) is 0 Å². The lowest BCUT2D eigenvalue weighted by Crippen LogP contribution is -2.27. The Morgan fingerprint density at radius 3 is 0.793 bits per heavy atom. The third-order valence-electron chi connectivity index (χ3n) is 5.05. The third kappa shape index (κ3) is 4.42. The molecule has 4 aromatic carbocycles. The van der Waals surface area contributed by atoms with Crippen LogP contribution in [-0.2, 0) is 0 Å². The van der Waals surface area contributed by atoms with Gasteiger partial charge in [-0.1, -0.05) is 72.8 Å². The van der Waals surface area contributed by atoms with E-state index >= 15 is 0 Å². The molecule has 0 atom stereocenters. The first-order chi connectivity index (χ1) is 14.1. The standard InChI is InChI=1S/C25H22Br2P2/c26-28(22-13-5-1-6-14-22,23-15-7-2-8-16-23)21-29(27,24-17-9-3-10-18-24)25-19-11-4-12-20-25/h1-20H,21H2/q+2. The predicted octanol–water partition coefficient (Wildman–Crippen LogP) is 6.90. The second-order valence-corrected chi connectivity index (χ2v) is 20.2. The molecule has 0 aromatic heterocycles. The van der Waals surface area contributed by atoms with Crippen molar-refractivity contribution in [1.29, 1.82) is 0 Å². The minimum atomic E-state index is -1.81. The summed E-state index contributed by atoms with van der Waals surface area (Å²) in [5.41, 5.74) is 0. The van der Waals surface area contributed by atoms with Gasteiger partial charge in [-0.25, -0.2) is 0 Å². The molecule has 0 saturated carbocycles. The zero-order chi connectivity index (χ0) is 20.2. The van der Waals surface area contributed by atoms with Crippen molar-refractivity contribution < 1.29 is 0 Å². The molecular weight excluding hydrogens is 522 g/mol. The quantitative estimate of drug-likeness (QED) is 0.232. The first kappa shape index (κ1) is 21.0. The summed E-state index contributed by atoms with van der Waals surface area (Å²) in [7, 11) is 0. The van der Waals surface area contributed by atoms with Gasteiger partial charge in [-0.2, -0.15) is 0 Å². The van der Waals surface area contributed by atoms with Gasteiger partial charge in [-0.05, 0) is 48.5 Å². The van der Waals surface area contributed by atoms with Crippen LogP contribution in [0.4, 0.5) is 0 Å². The van der Waals surface area contributed by atoms with Crippen LogP contribution in [0, 0.1) is 0 Å². The van der Waals surface area contributed by atoms with Gasteiger partial charge in [0.15, 0.2) is 48.8 Å². The summed E-state index contributed by atoms with van der Waals surface area (Å²) in [6.45, 7) is 0. The highest BCUT2D eigenvalue weighted by Gasteiger charge is 2.56. The van der Waals surface area contributed by atoms with Crippen molar-refractivity contribution in [2.45, 2.75) is 0 Å². The second-order valence-electron chi connectivity index (χ2n) is 6.92. The van der Waals surface area contributed by atoms with E-state index in [-0.39, 0.29) is 0 Å². The Balaban J connectivity index is 1.91. The molecule has 0 nitrogen and oxygen atoms in total. The molecule has 0 aliphatic heterocycles. The predicted molar refractivity (Wildman–Crippen MR) is 141 cm³/mol. The smallest absolute Gasteiger partial charge is 0.0620 e. The Bertz CT molecular complexity index is 873. The molecule has 0 radical (unpaired) electrons. The Morgan fingerprint density at radius 1 is 0.379 bits per heavy atom. The number of hydrogen-bond donors (Lipinski definition) is 0. The van der Waals surface area contributed by atoms with Crippen LogP contribution in [0.1, 0.15) is 0 Å². The van der Waals surface area contributed by atoms with Crippen LogP contribution in [0.3, 0.4) is 0 Å². The van der Waals surface area contributed by atoms with Crippen LogP contribution < -0.4 is 21.2 Å². The van der Waals surface area contributed by atoms with E-state index in [9.17, 15) is 0 Å². The molecule has 4 aromatic rings. The molecule has 0 unspecified atom stereocenters. The Labute approximate surface area is 190 Å². The van der Waals surface area contributed by atoms with Crippen LogP contribution in [0.15, 0.2) is 121 Å². The molecule has 0 spiro atoms. The van der Waals surface area contributed by atoms with Gasteiger partial charge in [0, 0.05) is 0 Å². The van der Waals surface area contributed by atoms with Crippen molar-refractivity contribution in [2.24, 2.45) is 0 Å². The zero-order valence-electron chi connectivity index (χ0n) is 15.9. The fraction of sp³-hybridized carbons (Fsp3) is 0.0400. The topological polar surface area (TPSA) is 0 Å². The van der Waals surface area contributed by atoms with Crippen molar-refractivity contribution in [1.82, 2.24) is 0 Å². The fourth-order valence-electron chi connectivity index (χ4n) is 3.55. The highest BCUT2D eigenvalue weighted by atomic mass is 79.9. The summed E-state index contributed by atoms with van der Waals surface area (Å²) in [5, 5.41) is 5.51. The zero-order valence-corrected chi connectivity index (χ0v) is 20.9. The minimum Gasteiger partial charge on any atom is -0.0620 e. The van der Waals surface area contributed by atoms with Gasteiger partial charge in [-0.15, -0.1) is 0 Å². The van der Waals surface area contributed by atoms with Crippen molar-refractivity contribution in [3.05, 3.63) is 121 Å². The molecule has 144 valence electrons. The van der Waals surface area contributed by atoms with E-state index < -0.39 is 11.9 Å². The SMILES string of the molecule is Br[P+](C[P+](Br)(c1ccccc1)c1ccccc1)(c1ccccc1)c1ccccc1. The lowest BCUT2D eigenvalue weighted by molar-refractivity contribution is 1.73. The van der Waals surface area contributed by atoms with Gasteiger partial charge in [0.05, 0.1) is 0 Å². The summed E-state index contributed by atoms with van der Waals surface area (Å²) >= 11 is 8.68. The largest absolute Gasteiger partial charge is 0.199 e. The van der Waals surface area contributed by atoms with Crippen LogP contribution in [-0.4, -0.2) is 5.90 Å². The van der Waals surface area contributed by atoms with E-state index in [1.807, 2.05) is 0 Å². The summed E-state index contributed by atoms with van der Waals surface area (Å²) in [5.74, 6) is -2.59.